The molecular weight excluding hydrogens is 244 g/mol. The highest BCUT2D eigenvalue weighted by Gasteiger charge is 2.54. The van der Waals surface area contributed by atoms with Crippen molar-refractivity contribution >= 4 is 17.6 Å². The Labute approximate surface area is 111 Å². The molecule has 100 valence electrons. The van der Waals surface area contributed by atoms with Gasteiger partial charge in [-0.15, -0.1) is 0 Å². The maximum absolute atomic E-state index is 12.2. The Morgan fingerprint density at radius 1 is 1.26 bits per heavy atom. The number of carbonyl (C=O) groups is 2. The minimum atomic E-state index is -1.12. The third-order valence-corrected chi connectivity index (χ3v) is 4.23. The Morgan fingerprint density at radius 2 is 1.95 bits per heavy atom. The maximum Gasteiger partial charge on any atom is 0.356 e. The van der Waals surface area contributed by atoms with Gasteiger partial charge in [-0.1, -0.05) is 12.8 Å². The summed E-state index contributed by atoms with van der Waals surface area (Å²) in [5.41, 5.74) is 0.197. The molecule has 2 N–H and O–H groups in total. The number of anilines is 1. The number of carbonyl (C=O) groups excluding carboxylic acids is 1. The number of carboxylic acids is 1. The van der Waals surface area contributed by atoms with Crippen molar-refractivity contribution in [2.24, 2.45) is 17.8 Å². The van der Waals surface area contributed by atoms with Crippen LogP contribution in [-0.4, -0.2) is 22.0 Å². The van der Waals surface area contributed by atoms with Gasteiger partial charge in [0.15, 0.2) is 5.69 Å². The van der Waals surface area contributed by atoms with Crippen LogP contribution in [-0.2, 0) is 4.79 Å². The zero-order valence-corrected chi connectivity index (χ0v) is 10.5. The Morgan fingerprint density at radius 3 is 2.58 bits per heavy atom. The van der Waals surface area contributed by atoms with Crippen LogP contribution < -0.4 is 5.32 Å². The molecule has 5 heteroatoms. The maximum atomic E-state index is 12.2. The lowest BCUT2D eigenvalue weighted by molar-refractivity contribution is -0.117. The molecule has 1 aromatic heterocycles. The second-order valence-electron chi connectivity index (χ2n) is 5.33. The minimum absolute atomic E-state index is 0.0487. The number of nitrogens with one attached hydrogen (secondary N) is 1. The van der Waals surface area contributed by atoms with Crippen LogP contribution in [0.15, 0.2) is 18.3 Å². The number of carboxylic acid groups (broad SMARTS) is 1. The molecule has 1 amide bonds. The molecule has 0 aromatic carbocycles. The number of nitrogens with zero attached hydrogens (tertiary/aromatic N) is 1. The van der Waals surface area contributed by atoms with Crippen molar-refractivity contribution in [2.75, 3.05) is 5.32 Å². The summed E-state index contributed by atoms with van der Waals surface area (Å²) in [5, 5.41) is 11.8. The summed E-state index contributed by atoms with van der Waals surface area (Å²) in [4.78, 5) is 27.0. The summed E-state index contributed by atoms with van der Waals surface area (Å²) in [6, 6.07) is 3.21. The highest BCUT2D eigenvalue weighted by atomic mass is 16.4. The number of aromatic nitrogens is 1. The summed E-state index contributed by atoms with van der Waals surface area (Å²) in [6.07, 6.45) is 6.08. The second kappa shape index (κ2) is 4.64. The lowest BCUT2D eigenvalue weighted by Gasteiger charge is -2.07. The lowest BCUT2D eigenvalue weighted by atomic mass is 10.0. The molecule has 0 radical (unpaired) electrons. The first-order valence-corrected chi connectivity index (χ1v) is 6.67. The molecule has 2 saturated carbocycles. The molecule has 19 heavy (non-hydrogen) atoms. The molecule has 1 heterocycles. The number of pyridine rings is 1. The summed E-state index contributed by atoms with van der Waals surface area (Å²) in [7, 11) is 0. The molecule has 1 aromatic rings. The Hall–Kier alpha value is -1.91. The summed E-state index contributed by atoms with van der Waals surface area (Å²) >= 11 is 0. The fraction of sp³-hybridized carbons (Fsp3) is 0.500. The van der Waals surface area contributed by atoms with Crippen molar-refractivity contribution in [3.8, 4) is 0 Å². The number of hydrogen-bond acceptors (Lipinski definition) is 3. The first kappa shape index (κ1) is 12.1. The van der Waals surface area contributed by atoms with Crippen molar-refractivity contribution in [3.63, 3.8) is 0 Å². The number of fused-ring (bicyclic) bond motifs is 1. The van der Waals surface area contributed by atoms with Gasteiger partial charge in [-0.3, -0.25) is 4.79 Å². The molecule has 0 bridgehead atoms. The van der Waals surface area contributed by atoms with Crippen LogP contribution in [0, 0.1) is 17.8 Å². The Balaban J connectivity index is 1.72. The van der Waals surface area contributed by atoms with Gasteiger partial charge in [0.25, 0.3) is 0 Å². The van der Waals surface area contributed by atoms with Gasteiger partial charge in [-0.05, 0) is 36.8 Å². The first-order valence-electron chi connectivity index (χ1n) is 6.67. The number of amides is 1. The number of aromatic carboxylic acids is 1. The zero-order chi connectivity index (χ0) is 13.4. The van der Waals surface area contributed by atoms with Gasteiger partial charge in [0, 0.05) is 12.1 Å². The molecule has 0 saturated heterocycles. The van der Waals surface area contributed by atoms with Gasteiger partial charge >= 0.3 is 5.97 Å². The molecule has 0 aliphatic heterocycles. The van der Waals surface area contributed by atoms with E-state index in [1.165, 1.54) is 19.0 Å². The standard InChI is InChI=1S/C14H16N2O3/c17-13(11-8-4-1-2-5-9(8)11)16-10-6-3-7-15-12(10)14(18)19/h3,6-9,11H,1-2,4-5H2,(H,16,17)(H,18,19). The van der Waals surface area contributed by atoms with Gasteiger partial charge in [0.1, 0.15) is 0 Å². The van der Waals surface area contributed by atoms with Crippen molar-refractivity contribution < 1.29 is 14.7 Å². The molecule has 2 aliphatic rings. The fourth-order valence-electron chi connectivity index (χ4n) is 3.27. The predicted octanol–water partition coefficient (Wildman–Crippen LogP) is 2.15. The molecule has 2 unspecified atom stereocenters. The smallest absolute Gasteiger partial charge is 0.356 e. The van der Waals surface area contributed by atoms with Crippen LogP contribution in [0.4, 0.5) is 5.69 Å². The van der Waals surface area contributed by atoms with Crippen molar-refractivity contribution in [2.45, 2.75) is 25.7 Å². The monoisotopic (exact) mass is 260 g/mol. The molecule has 5 nitrogen and oxygen atoms in total. The van der Waals surface area contributed by atoms with E-state index in [0.717, 1.165) is 12.8 Å². The van der Waals surface area contributed by atoms with Gasteiger partial charge in [-0.25, -0.2) is 9.78 Å². The van der Waals surface area contributed by atoms with Crippen molar-refractivity contribution in [1.82, 2.24) is 4.98 Å². The zero-order valence-electron chi connectivity index (χ0n) is 10.5. The third kappa shape index (κ3) is 2.20. The van der Waals surface area contributed by atoms with Crippen LogP contribution in [0.25, 0.3) is 0 Å². The first-order chi connectivity index (χ1) is 9.18. The van der Waals surface area contributed by atoms with E-state index in [-0.39, 0.29) is 17.5 Å². The molecule has 2 fully saturated rings. The van der Waals surface area contributed by atoms with E-state index in [9.17, 15) is 9.59 Å². The predicted molar refractivity (Wildman–Crippen MR) is 68.8 cm³/mol. The lowest BCUT2D eigenvalue weighted by Crippen LogP contribution is -2.18. The average molecular weight is 260 g/mol. The molecule has 0 spiro atoms. The average Bonchev–Trinajstić information content (AvgIpc) is 3.13. The van der Waals surface area contributed by atoms with Gasteiger partial charge < -0.3 is 10.4 Å². The van der Waals surface area contributed by atoms with E-state index in [2.05, 4.69) is 10.3 Å². The van der Waals surface area contributed by atoms with E-state index >= 15 is 0 Å². The quantitative estimate of drug-likeness (QED) is 0.872. The minimum Gasteiger partial charge on any atom is -0.476 e. The van der Waals surface area contributed by atoms with Gasteiger partial charge in [-0.2, -0.15) is 0 Å². The number of hydrogen-bond donors (Lipinski definition) is 2. The van der Waals surface area contributed by atoms with Crippen LogP contribution in [0.3, 0.4) is 0 Å². The highest BCUT2D eigenvalue weighted by Crippen LogP contribution is 2.55. The summed E-state index contributed by atoms with van der Waals surface area (Å²) in [5.74, 6) is -0.0711. The SMILES string of the molecule is O=C(O)c1ncccc1NC(=O)C1C2CCCCC21. The van der Waals surface area contributed by atoms with Gasteiger partial charge in [0.2, 0.25) is 5.91 Å². The second-order valence-corrected chi connectivity index (χ2v) is 5.33. The van der Waals surface area contributed by atoms with E-state index in [0.29, 0.717) is 17.5 Å². The molecule has 2 aliphatic carbocycles. The van der Waals surface area contributed by atoms with E-state index in [1.807, 2.05) is 0 Å². The Kier molecular flexibility index (Phi) is 2.97. The fourth-order valence-corrected chi connectivity index (χ4v) is 3.27. The van der Waals surface area contributed by atoms with Crippen LogP contribution in [0.2, 0.25) is 0 Å². The van der Waals surface area contributed by atoms with Crippen molar-refractivity contribution in [3.05, 3.63) is 24.0 Å². The Bertz CT molecular complexity index is 517. The van der Waals surface area contributed by atoms with Crippen LogP contribution >= 0.6 is 0 Å². The van der Waals surface area contributed by atoms with Gasteiger partial charge in [0.05, 0.1) is 5.69 Å². The molecule has 2 atom stereocenters. The summed E-state index contributed by atoms with van der Waals surface area (Å²) < 4.78 is 0. The number of rotatable bonds is 3. The van der Waals surface area contributed by atoms with E-state index in [4.69, 9.17) is 5.11 Å². The normalized spacial score (nSPS) is 28.3. The molecule has 3 rings (SSSR count). The topological polar surface area (TPSA) is 79.3 Å². The van der Waals surface area contributed by atoms with Crippen LogP contribution in [0.5, 0.6) is 0 Å². The largest absolute Gasteiger partial charge is 0.476 e. The van der Waals surface area contributed by atoms with E-state index in [1.54, 1.807) is 12.1 Å². The third-order valence-electron chi connectivity index (χ3n) is 4.23. The molecular formula is C14H16N2O3. The van der Waals surface area contributed by atoms with E-state index < -0.39 is 5.97 Å². The highest BCUT2D eigenvalue weighted by molar-refractivity contribution is 6.00. The summed E-state index contributed by atoms with van der Waals surface area (Å²) in [6.45, 7) is 0. The van der Waals surface area contributed by atoms with Crippen LogP contribution in [0.1, 0.15) is 36.2 Å². The van der Waals surface area contributed by atoms with Crippen molar-refractivity contribution in [1.29, 1.82) is 0 Å².